The predicted molar refractivity (Wildman–Crippen MR) is 70.0 cm³/mol. The number of hydrogen-bond donors (Lipinski definition) is 0. The van der Waals surface area contributed by atoms with E-state index in [1.54, 1.807) is 0 Å². The maximum Gasteiger partial charge on any atom is 0.404 e. The van der Waals surface area contributed by atoms with Crippen LogP contribution >= 0.6 is 0 Å². The smallest absolute Gasteiger partial charge is 0.404 e. The molecule has 0 amide bonds. The fourth-order valence-electron chi connectivity index (χ4n) is 3.75. The van der Waals surface area contributed by atoms with Crippen LogP contribution in [0.5, 0.6) is 0 Å². The van der Waals surface area contributed by atoms with E-state index in [1.165, 1.54) is 0 Å². The zero-order chi connectivity index (χ0) is 17.9. The highest BCUT2D eigenvalue weighted by atomic mass is 19.4. The van der Waals surface area contributed by atoms with E-state index in [1.807, 2.05) is 0 Å². The van der Waals surface area contributed by atoms with E-state index in [-0.39, 0.29) is 17.8 Å². The zero-order valence-electron chi connectivity index (χ0n) is 13.1. The number of carbonyl (C=O) groups is 3. The minimum Gasteiger partial charge on any atom is -0.453 e. The average molecular weight is 350 g/mol. The van der Waals surface area contributed by atoms with E-state index in [9.17, 15) is 27.6 Å². The normalized spacial score (nSPS) is 34.2. The van der Waals surface area contributed by atoms with Gasteiger partial charge in [0.2, 0.25) is 0 Å². The molecule has 24 heavy (non-hydrogen) atoms. The number of ether oxygens (including phenoxy) is 3. The molecule has 2 aliphatic carbocycles. The van der Waals surface area contributed by atoms with Crippen molar-refractivity contribution in [2.45, 2.75) is 45.1 Å². The van der Waals surface area contributed by atoms with Gasteiger partial charge >= 0.3 is 24.1 Å². The fraction of sp³-hybridized carbons (Fsp3) is 0.800. The molecule has 0 aromatic heterocycles. The van der Waals surface area contributed by atoms with Gasteiger partial charge in [-0.2, -0.15) is 13.2 Å². The second-order valence-corrected chi connectivity index (χ2v) is 7.16. The van der Waals surface area contributed by atoms with Gasteiger partial charge in [-0.1, -0.05) is 0 Å². The Hall–Kier alpha value is -1.80. The molecule has 4 unspecified atom stereocenters. The van der Waals surface area contributed by atoms with Gasteiger partial charge in [0.1, 0.15) is 0 Å². The van der Waals surface area contributed by atoms with Gasteiger partial charge in [-0.25, -0.2) is 4.79 Å². The minimum atomic E-state index is -4.80. The van der Waals surface area contributed by atoms with Gasteiger partial charge in [0.15, 0.2) is 12.0 Å². The van der Waals surface area contributed by atoms with Gasteiger partial charge in [-0.3, -0.25) is 9.59 Å². The molecule has 3 rings (SSSR count). The lowest BCUT2D eigenvalue weighted by molar-refractivity contribution is -0.234. The molecule has 134 valence electrons. The van der Waals surface area contributed by atoms with Gasteiger partial charge in [-0.15, -0.1) is 0 Å². The van der Waals surface area contributed by atoms with Crippen LogP contribution < -0.4 is 0 Å². The summed E-state index contributed by atoms with van der Waals surface area (Å²) >= 11 is 0. The molecule has 1 saturated heterocycles. The van der Waals surface area contributed by atoms with Gasteiger partial charge in [0.25, 0.3) is 5.79 Å². The molecule has 0 radical (unpaired) electrons. The number of fused-ring (bicyclic) bond motifs is 1. The lowest BCUT2D eigenvalue weighted by atomic mass is 9.87. The summed E-state index contributed by atoms with van der Waals surface area (Å²) in [6.45, 7) is 0.372. The maximum absolute atomic E-state index is 12.7. The topological polar surface area (TPSA) is 78.9 Å². The molecule has 2 saturated carbocycles. The Labute approximate surface area is 135 Å². The Kier molecular flexibility index (Phi) is 3.62. The molecule has 3 fully saturated rings. The highest BCUT2D eigenvalue weighted by Crippen LogP contribution is 2.60. The number of hydrogen-bond acceptors (Lipinski definition) is 6. The summed E-state index contributed by atoms with van der Waals surface area (Å²) in [6, 6.07) is 0. The summed E-state index contributed by atoms with van der Waals surface area (Å²) in [5, 5.41) is 0. The minimum absolute atomic E-state index is 0.221. The monoisotopic (exact) mass is 350 g/mol. The number of alkyl halides is 3. The first-order valence-corrected chi connectivity index (χ1v) is 7.65. The number of carbonyl (C=O) groups excluding carboxylic acids is 3. The largest absolute Gasteiger partial charge is 0.453 e. The van der Waals surface area contributed by atoms with Crippen molar-refractivity contribution in [3.05, 3.63) is 0 Å². The summed E-state index contributed by atoms with van der Waals surface area (Å²) in [4.78, 5) is 35.2. The molecular weight excluding hydrogens is 333 g/mol. The van der Waals surface area contributed by atoms with E-state index in [4.69, 9.17) is 9.47 Å². The summed E-state index contributed by atoms with van der Waals surface area (Å²) in [5.74, 6) is -4.63. The maximum atomic E-state index is 12.7. The third-order valence-electron chi connectivity index (χ3n) is 5.20. The van der Waals surface area contributed by atoms with Crippen LogP contribution in [0.1, 0.15) is 33.1 Å². The van der Waals surface area contributed by atoms with Crippen molar-refractivity contribution >= 4 is 17.9 Å². The van der Waals surface area contributed by atoms with Crippen LogP contribution in [0.15, 0.2) is 0 Å². The van der Waals surface area contributed by atoms with Crippen molar-refractivity contribution in [3.63, 3.8) is 0 Å². The van der Waals surface area contributed by atoms with Crippen LogP contribution in [0.25, 0.3) is 0 Å². The van der Waals surface area contributed by atoms with Crippen LogP contribution in [0.3, 0.4) is 0 Å². The second-order valence-electron chi connectivity index (χ2n) is 7.16. The Bertz CT molecular complexity index is 599. The van der Waals surface area contributed by atoms with E-state index in [0.29, 0.717) is 33.1 Å². The molecule has 1 heterocycles. The van der Waals surface area contributed by atoms with Gasteiger partial charge in [0.05, 0.1) is 11.8 Å². The van der Waals surface area contributed by atoms with E-state index in [0.717, 1.165) is 0 Å². The van der Waals surface area contributed by atoms with Crippen LogP contribution in [0.2, 0.25) is 0 Å². The van der Waals surface area contributed by atoms with Crippen molar-refractivity contribution < 1.29 is 41.8 Å². The highest BCUT2D eigenvalue weighted by Gasteiger charge is 2.68. The molecule has 2 bridgehead atoms. The Morgan fingerprint density at radius 1 is 1.29 bits per heavy atom. The molecule has 1 aliphatic heterocycles. The Morgan fingerprint density at radius 3 is 2.54 bits per heavy atom. The van der Waals surface area contributed by atoms with E-state index < -0.39 is 41.9 Å². The van der Waals surface area contributed by atoms with Gasteiger partial charge in [0, 0.05) is 6.42 Å². The summed E-state index contributed by atoms with van der Waals surface area (Å²) in [5.41, 5.74) is -2.73. The van der Waals surface area contributed by atoms with Crippen LogP contribution in [0.4, 0.5) is 13.2 Å². The molecule has 6 nitrogen and oxygen atoms in total. The standard InChI is InChI=1S/C15H17F3O6/c1-13(2,15(16,17)18)12(21)22-6-10(19)23-14-5-7-3-8(9(14)4-7)11(20)24-14/h7-9H,3-6H2,1-2H3. The zero-order valence-corrected chi connectivity index (χ0v) is 13.1. The molecular formula is C15H17F3O6. The van der Waals surface area contributed by atoms with Crippen molar-refractivity contribution in [3.8, 4) is 0 Å². The summed E-state index contributed by atoms with van der Waals surface area (Å²) in [6.07, 6.45) is -3.00. The van der Waals surface area contributed by atoms with Gasteiger partial charge < -0.3 is 14.2 Å². The average Bonchev–Trinajstić information content (AvgIpc) is 3.03. The lowest BCUT2D eigenvalue weighted by Crippen LogP contribution is -2.43. The van der Waals surface area contributed by atoms with Crippen LogP contribution in [-0.4, -0.2) is 36.5 Å². The summed E-state index contributed by atoms with van der Waals surface area (Å²) < 4.78 is 53.0. The first-order chi connectivity index (χ1) is 11.0. The lowest BCUT2D eigenvalue weighted by Gasteiger charge is -2.30. The predicted octanol–water partition coefficient (Wildman–Crippen LogP) is 1.96. The van der Waals surface area contributed by atoms with E-state index in [2.05, 4.69) is 4.74 Å². The quantitative estimate of drug-likeness (QED) is 0.721. The summed E-state index contributed by atoms with van der Waals surface area (Å²) in [7, 11) is 0. The number of halogens is 3. The molecule has 0 N–H and O–H groups in total. The van der Waals surface area contributed by atoms with Crippen molar-refractivity contribution in [2.24, 2.45) is 23.2 Å². The first-order valence-electron chi connectivity index (χ1n) is 7.65. The van der Waals surface area contributed by atoms with Crippen LogP contribution in [0, 0.1) is 23.2 Å². The van der Waals surface area contributed by atoms with Gasteiger partial charge in [-0.05, 0) is 32.6 Å². The number of esters is 3. The second kappa shape index (κ2) is 5.10. The van der Waals surface area contributed by atoms with Crippen molar-refractivity contribution in [2.75, 3.05) is 6.61 Å². The highest BCUT2D eigenvalue weighted by molar-refractivity contribution is 5.81. The van der Waals surface area contributed by atoms with E-state index >= 15 is 0 Å². The molecule has 9 heteroatoms. The SMILES string of the molecule is CC(C)(C(=O)OCC(=O)OC12CC3CC(C(=O)O1)C2C3)C(F)(F)F. The third-order valence-corrected chi connectivity index (χ3v) is 5.20. The Morgan fingerprint density at radius 2 is 1.96 bits per heavy atom. The van der Waals surface area contributed by atoms with Crippen molar-refractivity contribution in [1.82, 2.24) is 0 Å². The molecule has 3 aliphatic rings. The molecule has 0 spiro atoms. The number of rotatable bonds is 4. The van der Waals surface area contributed by atoms with Crippen LogP contribution in [-0.2, 0) is 28.6 Å². The third kappa shape index (κ3) is 2.44. The Balaban J connectivity index is 1.58. The molecule has 4 atom stereocenters. The van der Waals surface area contributed by atoms with Crippen molar-refractivity contribution in [1.29, 1.82) is 0 Å². The molecule has 0 aromatic rings. The first kappa shape index (κ1) is 17.0. The fourth-order valence-corrected chi connectivity index (χ4v) is 3.75. The molecule has 0 aromatic carbocycles.